The predicted molar refractivity (Wildman–Crippen MR) is 418 cm³/mol. The molecule has 0 saturated carbocycles. The molecule has 6 N–H and O–H groups in total. The zero-order valence-electron chi connectivity index (χ0n) is 68.7. The number of hydrogen-bond acceptors (Lipinski definition) is 18. The van der Waals surface area contributed by atoms with Gasteiger partial charge in [0, 0.05) is 110 Å². The van der Waals surface area contributed by atoms with Crippen molar-refractivity contribution in [1.82, 2.24) is 61.3 Å². The second kappa shape index (κ2) is 54.1. The highest BCUT2D eigenvalue weighted by molar-refractivity contribution is 5.92. The normalized spacial score (nSPS) is 11.3. The summed E-state index contributed by atoms with van der Waals surface area (Å²) in [6.07, 6.45) is 9.86. The van der Waals surface area contributed by atoms with Gasteiger partial charge in [-0.1, -0.05) is 77.7 Å². The van der Waals surface area contributed by atoms with Gasteiger partial charge in [-0.25, -0.2) is 67.3 Å². The number of imide groups is 2. The average molecular weight is 1530 g/mol. The molecule has 30 heteroatoms. The maximum atomic E-state index is 13.7. The van der Waals surface area contributed by atoms with Gasteiger partial charge in [0.05, 0.1) is 39.5 Å². The van der Waals surface area contributed by atoms with Crippen molar-refractivity contribution in [2.75, 3.05) is 118 Å². The summed E-state index contributed by atoms with van der Waals surface area (Å²) in [5.74, 6) is -2.02. The third-order valence-corrected chi connectivity index (χ3v) is 16.6. The van der Waals surface area contributed by atoms with Crippen molar-refractivity contribution in [2.24, 2.45) is 0 Å². The van der Waals surface area contributed by atoms with Crippen LogP contribution in [0.25, 0.3) is 0 Å². The summed E-state index contributed by atoms with van der Waals surface area (Å²) in [5.41, 5.74) is -0.948. The van der Waals surface area contributed by atoms with Gasteiger partial charge in [-0.2, -0.15) is 0 Å². The smallest absolute Gasteiger partial charge is 0.417 e. The summed E-state index contributed by atoms with van der Waals surface area (Å²) in [5, 5.41) is 17.5. The lowest BCUT2D eigenvalue weighted by atomic mass is 10.1. The van der Waals surface area contributed by atoms with Crippen LogP contribution in [0.5, 0.6) is 0 Å². The highest BCUT2D eigenvalue weighted by Gasteiger charge is 2.31. The molecule has 0 heterocycles. The molecule has 0 aromatic rings. The minimum atomic E-state index is -0.863. The SMILES string of the molecule is C=C(C)C(=O)OCCCN(C(=O)NCCCCCCNC(=O)N(CCCCCCNC(=O)N(CCCOC(=O)C(=C)C)C(C)(C)C)C(=O)OCCCCOC(=O)N(CCCCCCNC(=O)N(CCOC(=O)C(=C)C)C(C)(C)C)C(=O)NCCCCCCNC(=O)N(CCOC(=O)C(=C)C)C(C)(C)C)C(C)(C)C. The fourth-order valence-corrected chi connectivity index (χ4v) is 10.4. The number of amides is 14. The molecule has 0 saturated heterocycles. The largest absolute Gasteiger partial charge is 0.462 e. The summed E-state index contributed by atoms with van der Waals surface area (Å²) in [4.78, 5) is 164. The Kier molecular flexibility index (Phi) is 49.8. The molecule has 0 radical (unpaired) electrons. The van der Waals surface area contributed by atoms with E-state index in [4.69, 9.17) is 28.4 Å². The van der Waals surface area contributed by atoms with E-state index in [1.165, 1.54) is 0 Å². The van der Waals surface area contributed by atoms with E-state index in [0.717, 1.165) is 29.1 Å². The molecule has 30 nitrogen and oxygen atoms in total. The number of hydrogen-bond donors (Lipinski definition) is 6. The first kappa shape index (κ1) is 99.4. The Balaban J connectivity index is 5.90. The Hall–Kier alpha value is -8.60. The van der Waals surface area contributed by atoms with Crippen molar-refractivity contribution < 1.29 is 86.0 Å². The minimum Gasteiger partial charge on any atom is -0.462 e. The number of ether oxygens (including phenoxy) is 6. The van der Waals surface area contributed by atoms with E-state index in [9.17, 15) is 57.5 Å². The number of unbranched alkanes of at least 4 members (excludes halogenated alkanes) is 13. The van der Waals surface area contributed by atoms with E-state index >= 15 is 0 Å². The fraction of sp³-hybridized carbons (Fsp3) is 0.744. The third kappa shape index (κ3) is 45.9. The van der Waals surface area contributed by atoms with Crippen molar-refractivity contribution in [3.05, 3.63) is 48.6 Å². The van der Waals surface area contributed by atoms with Gasteiger partial charge in [0.25, 0.3) is 0 Å². The first-order chi connectivity index (χ1) is 50.6. The van der Waals surface area contributed by atoms with Crippen LogP contribution in [0.1, 0.15) is 239 Å². The number of nitrogens with zero attached hydrogens (tertiary/aromatic N) is 6. The zero-order valence-corrected chi connectivity index (χ0v) is 68.7. The molecule has 0 atom stereocenters. The number of urea groups is 6. The highest BCUT2D eigenvalue weighted by atomic mass is 16.6. The van der Waals surface area contributed by atoms with Crippen LogP contribution in [0.4, 0.5) is 38.4 Å². The van der Waals surface area contributed by atoms with Gasteiger partial charge >= 0.3 is 72.3 Å². The Bertz CT molecular complexity index is 2860. The van der Waals surface area contributed by atoms with Crippen LogP contribution in [0.2, 0.25) is 0 Å². The number of carbonyl (C=O) groups excluding carboxylic acids is 12. The molecule has 0 aromatic carbocycles. The van der Waals surface area contributed by atoms with E-state index in [1.54, 1.807) is 47.3 Å². The van der Waals surface area contributed by atoms with E-state index in [2.05, 4.69) is 58.2 Å². The summed E-state index contributed by atoms with van der Waals surface area (Å²) < 4.78 is 32.1. The van der Waals surface area contributed by atoms with E-state index < -0.39 is 70.3 Å². The van der Waals surface area contributed by atoms with Crippen molar-refractivity contribution >= 4 is 72.3 Å². The molecule has 0 rings (SSSR count). The Morgan fingerprint density at radius 3 is 0.676 bits per heavy atom. The molecular weight excluding hydrogens is 1390 g/mol. The number of carbonyl (C=O) groups is 12. The second-order valence-corrected chi connectivity index (χ2v) is 30.9. The molecule has 0 unspecified atom stereocenters. The van der Waals surface area contributed by atoms with Crippen LogP contribution in [0.15, 0.2) is 48.6 Å². The van der Waals surface area contributed by atoms with Gasteiger partial charge in [0.1, 0.15) is 13.2 Å². The van der Waals surface area contributed by atoms with Crippen molar-refractivity contribution in [3.8, 4) is 0 Å². The number of nitrogens with one attached hydrogen (secondary N) is 6. The fourth-order valence-electron chi connectivity index (χ4n) is 10.4. The summed E-state index contributed by atoms with van der Waals surface area (Å²) in [6, 6.07) is -2.35. The van der Waals surface area contributed by atoms with Gasteiger partial charge in [0.15, 0.2) is 0 Å². The maximum Gasteiger partial charge on any atom is 0.417 e. The maximum absolute atomic E-state index is 13.7. The molecule has 0 aliphatic carbocycles. The Morgan fingerprint density at radius 1 is 0.241 bits per heavy atom. The Labute approximate surface area is 645 Å². The van der Waals surface area contributed by atoms with Crippen molar-refractivity contribution in [1.29, 1.82) is 0 Å². The van der Waals surface area contributed by atoms with Crippen LogP contribution in [-0.4, -0.2) is 242 Å². The van der Waals surface area contributed by atoms with Crippen LogP contribution in [0, 0.1) is 0 Å². The number of rotatable bonds is 51. The topological polar surface area (TPSA) is 352 Å². The van der Waals surface area contributed by atoms with Crippen molar-refractivity contribution in [2.45, 2.75) is 261 Å². The monoisotopic (exact) mass is 1530 g/mol. The lowest BCUT2D eigenvalue weighted by Gasteiger charge is -2.35. The number of esters is 4. The molecule has 14 amide bonds. The quantitative estimate of drug-likeness (QED) is 0.0143. The molecule has 618 valence electrons. The second-order valence-electron chi connectivity index (χ2n) is 30.9. The average Bonchev–Trinajstić information content (AvgIpc) is 0.879. The van der Waals surface area contributed by atoms with Gasteiger partial charge < -0.3 is 79.9 Å². The minimum absolute atomic E-state index is 0.00703. The van der Waals surface area contributed by atoms with Gasteiger partial charge in [0.2, 0.25) is 0 Å². The molecule has 0 aliphatic rings. The molecule has 0 fully saturated rings. The van der Waals surface area contributed by atoms with Gasteiger partial charge in [-0.05, 0) is 188 Å². The molecule has 0 aliphatic heterocycles. The molecule has 108 heavy (non-hydrogen) atoms. The lowest BCUT2D eigenvalue weighted by Crippen LogP contribution is -2.52. The van der Waals surface area contributed by atoms with Gasteiger partial charge in [-0.15, -0.1) is 0 Å². The lowest BCUT2D eigenvalue weighted by molar-refractivity contribution is -0.140. The zero-order chi connectivity index (χ0) is 82.1. The predicted octanol–water partition coefficient (Wildman–Crippen LogP) is 12.8. The highest BCUT2D eigenvalue weighted by Crippen LogP contribution is 2.19. The van der Waals surface area contributed by atoms with E-state index in [-0.39, 0.29) is 127 Å². The first-order valence-electron chi connectivity index (χ1n) is 38.5. The third-order valence-electron chi connectivity index (χ3n) is 16.6. The first-order valence-corrected chi connectivity index (χ1v) is 38.5. The van der Waals surface area contributed by atoms with Crippen LogP contribution in [-0.2, 0) is 47.6 Å². The van der Waals surface area contributed by atoms with Crippen LogP contribution < -0.4 is 31.9 Å². The summed E-state index contributed by atoms with van der Waals surface area (Å²) in [7, 11) is 0. The molecule has 0 aromatic heterocycles. The Morgan fingerprint density at radius 2 is 0.444 bits per heavy atom. The van der Waals surface area contributed by atoms with Crippen LogP contribution in [0.3, 0.4) is 0 Å². The molecular formula is C78H138N12O18. The van der Waals surface area contributed by atoms with Crippen molar-refractivity contribution in [3.63, 3.8) is 0 Å². The van der Waals surface area contributed by atoms with E-state index in [0.29, 0.717) is 147 Å². The van der Waals surface area contributed by atoms with E-state index in [1.807, 2.05) is 83.1 Å². The molecule has 0 spiro atoms. The van der Waals surface area contributed by atoms with Crippen LogP contribution >= 0.6 is 0 Å². The molecule has 0 bridgehead atoms. The summed E-state index contributed by atoms with van der Waals surface area (Å²) in [6.45, 7) is 46.9. The van der Waals surface area contributed by atoms with Gasteiger partial charge in [-0.3, -0.25) is 0 Å². The summed E-state index contributed by atoms with van der Waals surface area (Å²) >= 11 is 0. The standard InChI is InChI=1S/C78H138N12O18/c1-59(2)63(91)103-55-39-49-87(75(9,10)11)69(97)81-43-31-23-21-29-41-79-67(95)85(47-35-27-25-33-45-82-70(98)88(76(12,13)14)50-40-56-104-64(92)60(3)4)73(101)107-53-37-38-54-108-74(102)86(48-36-28-26-34-46-84-72(100)90(78(18,19)20)52-58-106-66(94)62(7)8)68(96)80-42-30-22-24-32-44-83-71(99)89(77(15,16)17)51-57-105-65(93)61(5)6/h1,3,5,7,21-58H2,2,4,6,8-20H3,(H,79,95)(H,80,96)(H,81,97)(H,82,98)(H,83,99)(H,84,100).